The molecule has 3 rings (SSSR count). The van der Waals surface area contributed by atoms with Crippen LogP contribution in [-0.2, 0) is 16.0 Å². The molecule has 1 aliphatic heterocycles. The van der Waals surface area contributed by atoms with Crippen LogP contribution in [0.25, 0.3) is 0 Å². The summed E-state index contributed by atoms with van der Waals surface area (Å²) in [6.07, 6.45) is 0.0477. The SMILES string of the molecule is C[C@H](C(=O)N1C(=O)OC[C@@H]1Cc1ccccc1)c1cccc(Br)c1. The van der Waals surface area contributed by atoms with Gasteiger partial charge in [0.05, 0.1) is 12.0 Å². The number of benzene rings is 2. The van der Waals surface area contributed by atoms with Crippen molar-refractivity contribution in [2.45, 2.75) is 25.3 Å². The summed E-state index contributed by atoms with van der Waals surface area (Å²) in [7, 11) is 0. The summed E-state index contributed by atoms with van der Waals surface area (Å²) >= 11 is 3.41. The lowest BCUT2D eigenvalue weighted by Crippen LogP contribution is -2.42. The van der Waals surface area contributed by atoms with E-state index >= 15 is 0 Å². The Bertz CT molecular complexity index is 747. The van der Waals surface area contributed by atoms with Crippen LogP contribution in [0.2, 0.25) is 0 Å². The maximum atomic E-state index is 12.9. The molecule has 0 radical (unpaired) electrons. The Labute approximate surface area is 149 Å². The maximum absolute atomic E-state index is 12.9. The van der Waals surface area contributed by atoms with Crippen LogP contribution in [0.15, 0.2) is 59.1 Å². The average Bonchev–Trinajstić information content (AvgIpc) is 2.95. The van der Waals surface area contributed by atoms with Gasteiger partial charge in [0.15, 0.2) is 0 Å². The van der Waals surface area contributed by atoms with E-state index in [1.807, 2.05) is 61.5 Å². The standard InChI is InChI=1S/C19H18BrNO3/c1-13(15-8-5-9-16(20)11-15)18(22)21-17(12-24-19(21)23)10-14-6-3-2-4-7-14/h2-9,11,13,17H,10,12H2,1H3/t13-,17-/m0/s1. The number of cyclic esters (lactones) is 1. The first kappa shape index (κ1) is 16.7. The summed E-state index contributed by atoms with van der Waals surface area (Å²) in [4.78, 5) is 26.2. The van der Waals surface area contributed by atoms with Crippen LogP contribution in [0, 0.1) is 0 Å². The van der Waals surface area contributed by atoms with Crippen molar-refractivity contribution >= 4 is 27.9 Å². The predicted octanol–water partition coefficient (Wildman–Crippen LogP) is 4.14. The third-order valence-corrected chi connectivity index (χ3v) is 4.72. The Balaban J connectivity index is 1.79. The summed E-state index contributed by atoms with van der Waals surface area (Å²) in [6, 6.07) is 17.1. The number of amides is 2. The molecule has 24 heavy (non-hydrogen) atoms. The van der Waals surface area contributed by atoms with Crippen molar-refractivity contribution in [1.29, 1.82) is 0 Å². The quantitative estimate of drug-likeness (QED) is 0.791. The second kappa shape index (κ2) is 7.18. The lowest BCUT2D eigenvalue weighted by molar-refractivity contribution is -0.130. The maximum Gasteiger partial charge on any atom is 0.417 e. The molecule has 1 aliphatic rings. The largest absolute Gasteiger partial charge is 0.447 e. The van der Waals surface area contributed by atoms with E-state index in [0.29, 0.717) is 6.42 Å². The van der Waals surface area contributed by atoms with Gasteiger partial charge < -0.3 is 4.74 Å². The van der Waals surface area contributed by atoms with Crippen molar-refractivity contribution in [3.63, 3.8) is 0 Å². The van der Waals surface area contributed by atoms with Gasteiger partial charge in [-0.25, -0.2) is 9.69 Å². The van der Waals surface area contributed by atoms with Gasteiger partial charge >= 0.3 is 6.09 Å². The summed E-state index contributed by atoms with van der Waals surface area (Å²) in [5.74, 6) is -0.636. The minimum absolute atomic E-state index is 0.225. The topological polar surface area (TPSA) is 46.6 Å². The molecule has 2 aromatic rings. The number of carbonyl (C=O) groups excluding carboxylic acids is 2. The highest BCUT2D eigenvalue weighted by Crippen LogP contribution is 2.26. The highest BCUT2D eigenvalue weighted by Gasteiger charge is 2.39. The van der Waals surface area contributed by atoms with E-state index in [4.69, 9.17) is 4.74 Å². The van der Waals surface area contributed by atoms with Gasteiger partial charge in [0.25, 0.3) is 0 Å². The highest BCUT2D eigenvalue weighted by atomic mass is 79.9. The molecule has 0 N–H and O–H groups in total. The third-order valence-electron chi connectivity index (χ3n) is 4.23. The molecule has 0 aromatic heterocycles. The number of carbonyl (C=O) groups is 2. The summed E-state index contributed by atoms with van der Waals surface area (Å²) in [6.45, 7) is 2.06. The first-order valence-electron chi connectivity index (χ1n) is 7.85. The van der Waals surface area contributed by atoms with Crippen molar-refractivity contribution in [2.24, 2.45) is 0 Å². The van der Waals surface area contributed by atoms with Gasteiger partial charge in [0.1, 0.15) is 6.61 Å². The van der Waals surface area contributed by atoms with E-state index < -0.39 is 12.0 Å². The van der Waals surface area contributed by atoms with Gasteiger partial charge in [0.2, 0.25) is 5.91 Å². The lowest BCUT2D eigenvalue weighted by Gasteiger charge is -2.23. The zero-order valence-corrected chi connectivity index (χ0v) is 14.9. The molecule has 1 heterocycles. The average molecular weight is 388 g/mol. The van der Waals surface area contributed by atoms with Crippen molar-refractivity contribution < 1.29 is 14.3 Å². The molecule has 124 valence electrons. The van der Waals surface area contributed by atoms with Crippen molar-refractivity contribution in [3.8, 4) is 0 Å². The first-order chi connectivity index (χ1) is 11.6. The molecule has 4 nitrogen and oxygen atoms in total. The Hall–Kier alpha value is -2.14. The fourth-order valence-electron chi connectivity index (χ4n) is 2.89. The van der Waals surface area contributed by atoms with E-state index in [1.54, 1.807) is 0 Å². The normalized spacial score (nSPS) is 18.3. The molecule has 5 heteroatoms. The Morgan fingerprint density at radius 1 is 1.25 bits per heavy atom. The Morgan fingerprint density at radius 2 is 2.00 bits per heavy atom. The molecule has 1 fully saturated rings. The number of hydrogen-bond donors (Lipinski definition) is 0. The van der Waals surface area contributed by atoms with Gasteiger partial charge in [-0.1, -0.05) is 58.4 Å². The minimum atomic E-state index is -0.553. The van der Waals surface area contributed by atoms with Crippen LogP contribution in [0.3, 0.4) is 0 Å². The first-order valence-corrected chi connectivity index (χ1v) is 8.65. The molecule has 2 aromatic carbocycles. The van der Waals surface area contributed by atoms with E-state index in [2.05, 4.69) is 15.9 Å². The smallest absolute Gasteiger partial charge is 0.417 e. The molecular weight excluding hydrogens is 370 g/mol. The third kappa shape index (κ3) is 3.51. The second-order valence-electron chi connectivity index (χ2n) is 5.91. The molecule has 2 atom stereocenters. The van der Waals surface area contributed by atoms with Gasteiger partial charge in [-0.2, -0.15) is 0 Å². The highest BCUT2D eigenvalue weighted by molar-refractivity contribution is 9.10. The number of ether oxygens (including phenoxy) is 1. The van der Waals surface area contributed by atoms with Crippen LogP contribution in [-0.4, -0.2) is 29.5 Å². The number of halogens is 1. The molecule has 0 bridgehead atoms. The van der Waals surface area contributed by atoms with Gasteiger partial charge in [0, 0.05) is 4.47 Å². The van der Waals surface area contributed by atoms with Crippen molar-refractivity contribution in [1.82, 2.24) is 4.90 Å². The summed E-state index contributed by atoms with van der Waals surface area (Å²) < 4.78 is 6.05. The van der Waals surface area contributed by atoms with E-state index in [-0.39, 0.29) is 18.6 Å². The Morgan fingerprint density at radius 3 is 2.71 bits per heavy atom. The summed E-state index contributed by atoms with van der Waals surface area (Å²) in [5, 5.41) is 0. The van der Waals surface area contributed by atoms with Gasteiger partial charge in [-0.05, 0) is 36.6 Å². The van der Waals surface area contributed by atoms with Crippen LogP contribution < -0.4 is 0 Å². The fraction of sp³-hybridized carbons (Fsp3) is 0.263. The molecular formula is C19H18BrNO3. The van der Waals surface area contributed by atoms with Gasteiger partial charge in [-0.15, -0.1) is 0 Å². The van der Waals surface area contributed by atoms with Crippen LogP contribution in [0.1, 0.15) is 24.0 Å². The second-order valence-corrected chi connectivity index (χ2v) is 6.82. The van der Waals surface area contributed by atoms with Crippen molar-refractivity contribution in [3.05, 3.63) is 70.2 Å². The number of nitrogens with zero attached hydrogens (tertiary/aromatic N) is 1. The fourth-order valence-corrected chi connectivity index (χ4v) is 3.31. The number of rotatable bonds is 4. The molecule has 2 amide bonds. The van der Waals surface area contributed by atoms with E-state index in [1.165, 1.54) is 4.90 Å². The number of imide groups is 1. The summed E-state index contributed by atoms with van der Waals surface area (Å²) in [5.41, 5.74) is 1.95. The molecule has 0 spiro atoms. The molecule has 0 saturated carbocycles. The minimum Gasteiger partial charge on any atom is -0.447 e. The molecule has 1 saturated heterocycles. The van der Waals surface area contributed by atoms with Crippen LogP contribution in [0.4, 0.5) is 4.79 Å². The van der Waals surface area contributed by atoms with Gasteiger partial charge in [-0.3, -0.25) is 4.79 Å². The molecule has 0 aliphatic carbocycles. The lowest BCUT2D eigenvalue weighted by atomic mass is 9.98. The zero-order chi connectivity index (χ0) is 17.1. The van der Waals surface area contributed by atoms with Crippen LogP contribution in [0.5, 0.6) is 0 Å². The van der Waals surface area contributed by atoms with Crippen molar-refractivity contribution in [2.75, 3.05) is 6.61 Å². The Kier molecular flexibility index (Phi) is 5.00. The van der Waals surface area contributed by atoms with E-state index in [0.717, 1.165) is 15.6 Å². The predicted molar refractivity (Wildman–Crippen MR) is 94.7 cm³/mol. The van der Waals surface area contributed by atoms with Crippen LogP contribution >= 0.6 is 15.9 Å². The molecule has 0 unspecified atom stereocenters. The number of hydrogen-bond acceptors (Lipinski definition) is 3. The zero-order valence-electron chi connectivity index (χ0n) is 13.3. The monoisotopic (exact) mass is 387 g/mol. The van der Waals surface area contributed by atoms with E-state index in [9.17, 15) is 9.59 Å².